The Labute approximate surface area is 185 Å². The van der Waals surface area contributed by atoms with Gasteiger partial charge in [-0.3, -0.25) is 9.59 Å². The van der Waals surface area contributed by atoms with Gasteiger partial charge in [-0.15, -0.1) is 11.8 Å². The van der Waals surface area contributed by atoms with Gasteiger partial charge < -0.3 is 19.9 Å². The quantitative estimate of drug-likeness (QED) is 0.497. The van der Waals surface area contributed by atoms with Crippen molar-refractivity contribution in [2.45, 2.75) is 19.9 Å². The summed E-state index contributed by atoms with van der Waals surface area (Å²) in [5.74, 6) is 1.67. The summed E-state index contributed by atoms with van der Waals surface area (Å²) in [6.07, 6.45) is 0. The van der Waals surface area contributed by atoms with Crippen molar-refractivity contribution in [1.82, 2.24) is 10.5 Å². The Morgan fingerprint density at radius 1 is 1.03 bits per heavy atom. The summed E-state index contributed by atoms with van der Waals surface area (Å²) < 4.78 is 10.4. The molecule has 1 heterocycles. The predicted octanol–water partition coefficient (Wildman–Crippen LogP) is 3.96. The Morgan fingerprint density at radius 3 is 2.35 bits per heavy atom. The fourth-order valence-electron chi connectivity index (χ4n) is 2.97. The molecule has 162 valence electrons. The zero-order valence-electron chi connectivity index (χ0n) is 17.5. The molecule has 31 heavy (non-hydrogen) atoms. The van der Waals surface area contributed by atoms with Crippen LogP contribution in [0.5, 0.6) is 5.75 Å². The minimum Gasteiger partial charge on any atom is -0.494 e. The highest BCUT2D eigenvalue weighted by molar-refractivity contribution is 8.00. The molecule has 2 N–H and O–H groups in total. The standard InChI is InChI=1S/C23H25N3O4S/c1-3-29-19-11-9-18(10-12-19)23(17-7-5-4-6-8-17)25-22(28)15-31-14-21(27)24-20-13-16(2)30-26-20/h4-13,23H,3,14-15H2,1-2H3,(H,25,28)(H,24,26,27). The van der Waals surface area contributed by atoms with Gasteiger partial charge in [-0.2, -0.15) is 0 Å². The second-order valence-electron chi connectivity index (χ2n) is 6.78. The molecule has 2 amide bonds. The second kappa shape index (κ2) is 11.2. The van der Waals surface area contributed by atoms with Crippen molar-refractivity contribution in [3.05, 3.63) is 77.6 Å². The molecule has 0 aliphatic rings. The number of rotatable bonds is 10. The summed E-state index contributed by atoms with van der Waals surface area (Å²) >= 11 is 1.23. The maximum Gasteiger partial charge on any atom is 0.235 e. The zero-order valence-corrected chi connectivity index (χ0v) is 18.3. The third-order valence-corrected chi connectivity index (χ3v) is 5.26. The first-order chi connectivity index (χ1) is 15.0. The van der Waals surface area contributed by atoms with Gasteiger partial charge in [0.1, 0.15) is 11.5 Å². The van der Waals surface area contributed by atoms with E-state index in [-0.39, 0.29) is 29.4 Å². The number of hydrogen-bond donors (Lipinski definition) is 2. The number of carbonyl (C=O) groups is 2. The molecule has 1 aromatic heterocycles. The van der Waals surface area contributed by atoms with Crippen LogP contribution in [-0.2, 0) is 9.59 Å². The monoisotopic (exact) mass is 439 g/mol. The minimum atomic E-state index is -0.295. The number of thioether (sulfide) groups is 1. The number of benzene rings is 2. The van der Waals surface area contributed by atoms with Gasteiger partial charge in [0.2, 0.25) is 11.8 Å². The first kappa shape index (κ1) is 22.4. The SMILES string of the molecule is CCOc1ccc(C(NC(=O)CSCC(=O)Nc2cc(C)on2)c2ccccc2)cc1. The Kier molecular flexibility index (Phi) is 8.12. The van der Waals surface area contributed by atoms with Crippen molar-refractivity contribution in [3.63, 3.8) is 0 Å². The Morgan fingerprint density at radius 2 is 1.71 bits per heavy atom. The van der Waals surface area contributed by atoms with Crippen molar-refractivity contribution in [2.75, 3.05) is 23.4 Å². The first-order valence-corrected chi connectivity index (χ1v) is 11.1. The van der Waals surface area contributed by atoms with Gasteiger partial charge in [0.05, 0.1) is 24.2 Å². The number of nitrogens with zero attached hydrogens (tertiary/aromatic N) is 1. The van der Waals surface area contributed by atoms with Crippen molar-refractivity contribution < 1.29 is 18.8 Å². The number of anilines is 1. The van der Waals surface area contributed by atoms with Gasteiger partial charge in [0, 0.05) is 6.07 Å². The Bertz CT molecular complexity index is 990. The Balaban J connectivity index is 1.57. The smallest absolute Gasteiger partial charge is 0.235 e. The number of nitrogens with one attached hydrogen (secondary N) is 2. The van der Waals surface area contributed by atoms with Crippen molar-refractivity contribution in [1.29, 1.82) is 0 Å². The lowest BCUT2D eigenvalue weighted by atomic mass is 9.98. The normalized spacial score (nSPS) is 11.5. The van der Waals surface area contributed by atoms with Crippen LogP contribution < -0.4 is 15.4 Å². The average Bonchev–Trinajstić information content (AvgIpc) is 3.18. The fourth-order valence-corrected chi connectivity index (χ4v) is 3.60. The van der Waals surface area contributed by atoms with Crippen LogP contribution in [0.25, 0.3) is 0 Å². The molecule has 0 saturated heterocycles. The van der Waals surface area contributed by atoms with Gasteiger partial charge in [0.25, 0.3) is 0 Å². The number of carbonyl (C=O) groups excluding carboxylic acids is 2. The van der Waals surface area contributed by atoms with E-state index < -0.39 is 0 Å². The van der Waals surface area contributed by atoms with E-state index in [1.54, 1.807) is 13.0 Å². The van der Waals surface area contributed by atoms with Gasteiger partial charge in [0.15, 0.2) is 5.82 Å². The summed E-state index contributed by atoms with van der Waals surface area (Å²) in [4.78, 5) is 24.6. The fraction of sp³-hybridized carbons (Fsp3) is 0.261. The van der Waals surface area contributed by atoms with E-state index >= 15 is 0 Å². The van der Waals surface area contributed by atoms with E-state index in [0.717, 1.165) is 16.9 Å². The average molecular weight is 440 g/mol. The summed E-state index contributed by atoms with van der Waals surface area (Å²) in [6, 6.07) is 18.8. The Hall–Kier alpha value is -3.26. The number of hydrogen-bond acceptors (Lipinski definition) is 6. The molecule has 0 saturated carbocycles. The molecule has 3 aromatic rings. The van der Waals surface area contributed by atoms with E-state index in [0.29, 0.717) is 18.2 Å². The summed E-state index contributed by atoms with van der Waals surface area (Å²) in [7, 11) is 0. The molecule has 1 atom stereocenters. The molecule has 0 aliphatic heterocycles. The van der Waals surface area contributed by atoms with Gasteiger partial charge >= 0.3 is 0 Å². The molecule has 7 nitrogen and oxygen atoms in total. The van der Waals surface area contributed by atoms with Crippen molar-refractivity contribution in [3.8, 4) is 5.75 Å². The highest BCUT2D eigenvalue weighted by Gasteiger charge is 2.17. The van der Waals surface area contributed by atoms with E-state index in [1.165, 1.54) is 11.8 Å². The van der Waals surface area contributed by atoms with E-state index in [4.69, 9.17) is 9.26 Å². The molecule has 0 spiro atoms. The topological polar surface area (TPSA) is 93.5 Å². The van der Waals surface area contributed by atoms with Crippen molar-refractivity contribution >= 4 is 29.4 Å². The molecule has 0 aliphatic carbocycles. The van der Waals surface area contributed by atoms with Crippen LogP contribution in [0.1, 0.15) is 29.9 Å². The second-order valence-corrected chi connectivity index (χ2v) is 7.76. The van der Waals surface area contributed by atoms with E-state index in [2.05, 4.69) is 15.8 Å². The molecular formula is C23H25N3O4S. The van der Waals surface area contributed by atoms with Crippen LogP contribution in [0, 0.1) is 6.92 Å². The molecule has 0 radical (unpaired) electrons. The molecule has 8 heteroatoms. The summed E-state index contributed by atoms with van der Waals surface area (Å²) in [6.45, 7) is 4.28. The third kappa shape index (κ3) is 6.89. The van der Waals surface area contributed by atoms with Gasteiger partial charge in [-0.25, -0.2) is 0 Å². The third-order valence-electron chi connectivity index (χ3n) is 4.32. The molecule has 1 unspecified atom stereocenters. The number of ether oxygens (including phenoxy) is 1. The molecule has 0 fully saturated rings. The highest BCUT2D eigenvalue weighted by atomic mass is 32.2. The maximum absolute atomic E-state index is 12.6. The van der Waals surface area contributed by atoms with E-state index in [1.807, 2.05) is 61.5 Å². The zero-order chi connectivity index (χ0) is 22.1. The summed E-state index contributed by atoms with van der Waals surface area (Å²) in [5.41, 5.74) is 1.93. The van der Waals surface area contributed by atoms with E-state index in [9.17, 15) is 9.59 Å². The number of aromatic nitrogens is 1. The number of amides is 2. The molecule has 2 aromatic carbocycles. The van der Waals surface area contributed by atoms with Gasteiger partial charge in [-0.1, -0.05) is 47.6 Å². The minimum absolute atomic E-state index is 0.137. The maximum atomic E-state index is 12.6. The van der Waals surface area contributed by atoms with Crippen LogP contribution in [0.4, 0.5) is 5.82 Å². The molecule has 0 bridgehead atoms. The largest absolute Gasteiger partial charge is 0.494 e. The lowest BCUT2D eigenvalue weighted by Crippen LogP contribution is -2.31. The highest BCUT2D eigenvalue weighted by Crippen LogP contribution is 2.24. The van der Waals surface area contributed by atoms with Crippen LogP contribution >= 0.6 is 11.8 Å². The van der Waals surface area contributed by atoms with Crippen LogP contribution in [0.15, 0.2) is 65.2 Å². The van der Waals surface area contributed by atoms with Crippen molar-refractivity contribution in [2.24, 2.45) is 0 Å². The van der Waals surface area contributed by atoms with Crippen LogP contribution in [0.3, 0.4) is 0 Å². The first-order valence-electron chi connectivity index (χ1n) is 9.93. The predicted molar refractivity (Wildman–Crippen MR) is 121 cm³/mol. The molecule has 3 rings (SSSR count). The molecular weight excluding hydrogens is 414 g/mol. The van der Waals surface area contributed by atoms with Gasteiger partial charge in [-0.05, 0) is 37.1 Å². The van der Waals surface area contributed by atoms with Crippen LogP contribution in [-0.4, -0.2) is 35.1 Å². The summed E-state index contributed by atoms with van der Waals surface area (Å²) in [5, 5.41) is 9.42. The lowest BCUT2D eigenvalue weighted by molar-refractivity contribution is -0.119. The number of aryl methyl sites for hydroxylation is 1. The van der Waals surface area contributed by atoms with Crippen LogP contribution in [0.2, 0.25) is 0 Å². The lowest BCUT2D eigenvalue weighted by Gasteiger charge is -2.20.